The molecule has 160 valence electrons. The van der Waals surface area contributed by atoms with Gasteiger partial charge in [-0.25, -0.2) is 4.79 Å². The van der Waals surface area contributed by atoms with Crippen LogP contribution in [0.1, 0.15) is 64.9 Å². The Hall–Kier alpha value is -2.67. The maximum Gasteiger partial charge on any atom is 0.348 e. The predicted octanol–water partition coefficient (Wildman–Crippen LogP) is 4.06. The average Bonchev–Trinajstić information content (AvgIpc) is 3.35. The van der Waals surface area contributed by atoms with Gasteiger partial charge in [-0.05, 0) is 65.4 Å². The van der Waals surface area contributed by atoms with Crippen LogP contribution in [0.3, 0.4) is 0 Å². The molecule has 30 heavy (non-hydrogen) atoms. The van der Waals surface area contributed by atoms with Crippen LogP contribution in [0.5, 0.6) is 5.75 Å². The molecule has 0 saturated heterocycles. The van der Waals surface area contributed by atoms with Crippen molar-refractivity contribution in [3.63, 3.8) is 0 Å². The second kappa shape index (κ2) is 10.4. The van der Waals surface area contributed by atoms with Crippen LogP contribution in [-0.2, 0) is 27.3 Å². The maximum absolute atomic E-state index is 12.9. The zero-order valence-corrected chi connectivity index (χ0v) is 18.0. The van der Waals surface area contributed by atoms with E-state index in [0.717, 1.165) is 48.7 Å². The Bertz CT molecular complexity index is 907. The van der Waals surface area contributed by atoms with Crippen LogP contribution in [0.15, 0.2) is 29.6 Å². The van der Waals surface area contributed by atoms with E-state index in [4.69, 9.17) is 4.74 Å². The van der Waals surface area contributed by atoms with Gasteiger partial charge < -0.3 is 19.5 Å². The SMILES string of the molecule is CCCCOC(=O)c1cc(CN(CC=O)C(=O)CC2CCc3cc(O)ccc32)cs1. The van der Waals surface area contributed by atoms with Crippen molar-refractivity contribution in [2.24, 2.45) is 0 Å². The van der Waals surface area contributed by atoms with E-state index < -0.39 is 0 Å². The fourth-order valence-electron chi connectivity index (χ4n) is 3.75. The molecule has 1 aromatic carbocycles. The number of aldehydes is 1. The van der Waals surface area contributed by atoms with Crippen LogP contribution in [0.4, 0.5) is 0 Å². The summed E-state index contributed by atoms with van der Waals surface area (Å²) < 4.78 is 5.23. The van der Waals surface area contributed by atoms with Gasteiger partial charge in [-0.2, -0.15) is 0 Å². The normalized spacial score (nSPS) is 14.9. The monoisotopic (exact) mass is 429 g/mol. The van der Waals surface area contributed by atoms with Gasteiger partial charge in [0.2, 0.25) is 5.91 Å². The molecule has 0 fully saturated rings. The number of hydrogen-bond acceptors (Lipinski definition) is 6. The molecule has 1 amide bonds. The summed E-state index contributed by atoms with van der Waals surface area (Å²) in [5.74, 6) is -0.108. The number of ether oxygens (including phenoxy) is 1. The number of benzene rings is 1. The topological polar surface area (TPSA) is 83.9 Å². The number of carbonyl (C=O) groups is 3. The van der Waals surface area contributed by atoms with Gasteiger partial charge in [-0.15, -0.1) is 11.3 Å². The van der Waals surface area contributed by atoms with Gasteiger partial charge in [0.15, 0.2) is 0 Å². The number of aromatic hydroxyl groups is 1. The Morgan fingerprint density at radius 3 is 2.93 bits per heavy atom. The minimum atomic E-state index is -0.348. The van der Waals surface area contributed by atoms with E-state index in [-0.39, 0.29) is 36.6 Å². The number of rotatable bonds is 10. The van der Waals surface area contributed by atoms with Gasteiger partial charge in [0, 0.05) is 13.0 Å². The maximum atomic E-state index is 12.9. The third kappa shape index (κ3) is 5.48. The van der Waals surface area contributed by atoms with Crippen molar-refractivity contribution in [3.8, 4) is 5.75 Å². The molecule has 6 nitrogen and oxygen atoms in total. The zero-order chi connectivity index (χ0) is 21.5. The highest BCUT2D eigenvalue weighted by atomic mass is 32.1. The Labute approximate surface area is 180 Å². The van der Waals surface area contributed by atoms with Gasteiger partial charge >= 0.3 is 5.97 Å². The first kappa shape index (κ1) is 22.0. The van der Waals surface area contributed by atoms with Crippen molar-refractivity contribution >= 4 is 29.5 Å². The summed E-state index contributed by atoms with van der Waals surface area (Å²) in [5, 5.41) is 11.5. The van der Waals surface area contributed by atoms with Crippen LogP contribution in [0, 0.1) is 0 Å². The molecule has 1 aliphatic rings. The van der Waals surface area contributed by atoms with E-state index in [1.165, 1.54) is 16.2 Å². The molecule has 0 radical (unpaired) electrons. The summed E-state index contributed by atoms with van der Waals surface area (Å²) >= 11 is 1.29. The quantitative estimate of drug-likeness (QED) is 0.350. The highest BCUT2D eigenvalue weighted by Crippen LogP contribution is 2.37. The van der Waals surface area contributed by atoms with E-state index in [9.17, 15) is 19.5 Å². The number of nitrogens with zero attached hydrogens (tertiary/aromatic N) is 1. The molecule has 0 aliphatic heterocycles. The Kier molecular flexibility index (Phi) is 7.63. The molecule has 1 N–H and O–H groups in total. The summed E-state index contributed by atoms with van der Waals surface area (Å²) in [4.78, 5) is 38.2. The number of hydrogen-bond donors (Lipinski definition) is 1. The molecular formula is C23H27NO5S. The van der Waals surface area contributed by atoms with E-state index in [1.54, 1.807) is 18.2 Å². The lowest BCUT2D eigenvalue weighted by Crippen LogP contribution is -2.32. The highest BCUT2D eigenvalue weighted by molar-refractivity contribution is 7.12. The average molecular weight is 430 g/mol. The number of aryl methyl sites for hydroxylation is 1. The van der Waals surface area contributed by atoms with Crippen LogP contribution >= 0.6 is 11.3 Å². The summed E-state index contributed by atoms with van der Waals surface area (Å²) in [6.07, 6.45) is 4.52. The molecular weight excluding hydrogens is 402 g/mol. The highest BCUT2D eigenvalue weighted by Gasteiger charge is 2.27. The van der Waals surface area contributed by atoms with Crippen LogP contribution < -0.4 is 0 Å². The van der Waals surface area contributed by atoms with E-state index in [0.29, 0.717) is 17.9 Å². The number of phenolic OH excluding ortho intramolecular Hbond substituents is 1. The molecule has 1 aliphatic carbocycles. The van der Waals surface area contributed by atoms with Crippen molar-refractivity contribution in [2.75, 3.05) is 13.2 Å². The number of unbranched alkanes of at least 4 members (excludes halogenated alkanes) is 1. The third-order valence-corrected chi connectivity index (χ3v) is 6.32. The lowest BCUT2D eigenvalue weighted by molar-refractivity contribution is -0.134. The van der Waals surface area contributed by atoms with E-state index in [1.807, 2.05) is 18.4 Å². The number of thiophene rings is 1. The predicted molar refractivity (Wildman–Crippen MR) is 115 cm³/mol. The first-order chi connectivity index (χ1) is 14.5. The molecule has 2 aromatic rings. The second-order valence-corrected chi connectivity index (χ2v) is 8.48. The Morgan fingerprint density at radius 1 is 1.33 bits per heavy atom. The van der Waals surface area contributed by atoms with Gasteiger partial charge in [-0.3, -0.25) is 4.79 Å². The molecule has 1 heterocycles. The lowest BCUT2D eigenvalue weighted by atomic mass is 9.97. The number of carbonyl (C=O) groups excluding carboxylic acids is 3. The number of esters is 1. The van der Waals surface area contributed by atoms with Gasteiger partial charge in [0.25, 0.3) is 0 Å². The summed E-state index contributed by atoms with van der Waals surface area (Å²) in [6.45, 7) is 2.73. The van der Waals surface area contributed by atoms with Crippen molar-refractivity contribution in [2.45, 2.75) is 51.5 Å². The second-order valence-electron chi connectivity index (χ2n) is 7.57. The smallest absolute Gasteiger partial charge is 0.348 e. The molecule has 7 heteroatoms. The fourth-order valence-corrected chi connectivity index (χ4v) is 4.55. The third-order valence-electron chi connectivity index (χ3n) is 5.36. The molecule has 3 rings (SSSR count). The molecule has 1 aromatic heterocycles. The number of fused-ring (bicyclic) bond motifs is 1. The fraction of sp³-hybridized carbons (Fsp3) is 0.435. The Balaban J connectivity index is 1.62. The first-order valence-electron chi connectivity index (χ1n) is 10.3. The van der Waals surface area contributed by atoms with Crippen molar-refractivity contribution < 1.29 is 24.2 Å². The summed E-state index contributed by atoms with van der Waals surface area (Å²) in [6, 6.07) is 7.03. The number of phenols is 1. The van der Waals surface area contributed by atoms with Crippen molar-refractivity contribution in [1.82, 2.24) is 4.90 Å². The lowest BCUT2D eigenvalue weighted by Gasteiger charge is -2.22. The Morgan fingerprint density at radius 2 is 2.17 bits per heavy atom. The van der Waals surface area contributed by atoms with Gasteiger partial charge in [0.1, 0.15) is 16.9 Å². The standard InChI is InChI=1S/C23H27NO5S/c1-2-3-10-29-23(28)21-11-16(15-30-21)14-24(8-9-25)22(27)13-18-5-4-17-12-19(26)6-7-20(17)18/h6-7,9,11-12,15,18,26H,2-5,8,10,13-14H2,1H3. The minimum Gasteiger partial charge on any atom is -0.508 e. The molecule has 0 bridgehead atoms. The van der Waals surface area contributed by atoms with Crippen LogP contribution in [0.25, 0.3) is 0 Å². The van der Waals surface area contributed by atoms with E-state index in [2.05, 4.69) is 0 Å². The largest absolute Gasteiger partial charge is 0.508 e. The van der Waals surface area contributed by atoms with Crippen LogP contribution in [-0.4, -0.2) is 41.3 Å². The summed E-state index contributed by atoms with van der Waals surface area (Å²) in [5.41, 5.74) is 2.99. The van der Waals surface area contributed by atoms with E-state index >= 15 is 0 Å². The van der Waals surface area contributed by atoms with Crippen molar-refractivity contribution in [3.05, 3.63) is 51.2 Å². The van der Waals surface area contributed by atoms with Crippen LogP contribution in [0.2, 0.25) is 0 Å². The first-order valence-corrected chi connectivity index (χ1v) is 11.2. The molecule has 0 spiro atoms. The van der Waals surface area contributed by atoms with Gasteiger partial charge in [0.05, 0.1) is 13.2 Å². The minimum absolute atomic E-state index is 0.0140. The molecule has 1 unspecified atom stereocenters. The number of amides is 1. The zero-order valence-electron chi connectivity index (χ0n) is 17.1. The van der Waals surface area contributed by atoms with Crippen molar-refractivity contribution in [1.29, 1.82) is 0 Å². The molecule has 1 atom stereocenters. The summed E-state index contributed by atoms with van der Waals surface area (Å²) in [7, 11) is 0. The molecule has 0 saturated carbocycles. The van der Waals surface area contributed by atoms with Gasteiger partial charge in [-0.1, -0.05) is 19.4 Å².